The van der Waals surface area contributed by atoms with Crippen LogP contribution in [-0.4, -0.2) is 10.7 Å². The summed E-state index contributed by atoms with van der Waals surface area (Å²) >= 11 is 6.62. The van der Waals surface area contributed by atoms with E-state index in [2.05, 4.69) is 32.9 Å². The molecule has 120 valence electrons. The highest BCUT2D eigenvalue weighted by molar-refractivity contribution is 6.31. The molecule has 0 aliphatic heterocycles. The average Bonchev–Trinajstić information content (AvgIpc) is 2.73. The summed E-state index contributed by atoms with van der Waals surface area (Å²) in [6.07, 6.45) is 6.90. The van der Waals surface area contributed by atoms with Crippen LogP contribution in [0.15, 0.2) is 12.1 Å². The lowest BCUT2D eigenvalue weighted by molar-refractivity contribution is -0.0901. The average molecular weight is 319 g/mol. The van der Waals surface area contributed by atoms with Crippen LogP contribution in [0.5, 0.6) is 0 Å². The smallest absolute Gasteiger partial charge is 0.0675 e. The third-order valence-electron chi connectivity index (χ3n) is 7.64. The minimum Gasteiger partial charge on any atom is -0.390 e. The molecule has 0 radical (unpaired) electrons. The van der Waals surface area contributed by atoms with Crippen LogP contribution in [0.25, 0.3) is 0 Å². The summed E-state index contributed by atoms with van der Waals surface area (Å²) in [5, 5.41) is 11.9. The van der Waals surface area contributed by atoms with Gasteiger partial charge in [-0.25, -0.2) is 0 Å². The van der Waals surface area contributed by atoms with E-state index in [4.69, 9.17) is 11.6 Å². The lowest BCUT2D eigenvalue weighted by Gasteiger charge is -2.52. The van der Waals surface area contributed by atoms with Crippen LogP contribution < -0.4 is 0 Å². The van der Waals surface area contributed by atoms with E-state index in [1.54, 1.807) is 0 Å². The van der Waals surface area contributed by atoms with E-state index in [0.29, 0.717) is 17.8 Å². The van der Waals surface area contributed by atoms with E-state index in [0.717, 1.165) is 24.3 Å². The van der Waals surface area contributed by atoms with Crippen molar-refractivity contribution >= 4 is 11.6 Å². The van der Waals surface area contributed by atoms with E-state index < -0.39 is 5.60 Å². The predicted octanol–water partition coefficient (Wildman–Crippen LogP) is 5.26. The molecule has 2 saturated carbocycles. The summed E-state index contributed by atoms with van der Waals surface area (Å²) in [5.41, 5.74) is 3.99. The molecule has 1 aromatic rings. The zero-order valence-corrected chi connectivity index (χ0v) is 14.7. The summed E-state index contributed by atoms with van der Waals surface area (Å²) in [6, 6.07) is 4.27. The third kappa shape index (κ3) is 1.82. The van der Waals surface area contributed by atoms with Gasteiger partial charge in [0, 0.05) is 5.02 Å². The van der Waals surface area contributed by atoms with Crippen LogP contribution >= 0.6 is 11.6 Å². The Morgan fingerprint density at radius 1 is 1.14 bits per heavy atom. The molecule has 1 aromatic carbocycles. The van der Waals surface area contributed by atoms with E-state index >= 15 is 0 Å². The molecule has 0 heterocycles. The maximum atomic E-state index is 10.9. The molecule has 2 fully saturated rings. The number of aliphatic hydroxyl groups is 1. The van der Waals surface area contributed by atoms with Gasteiger partial charge in [-0.05, 0) is 98.3 Å². The highest BCUT2D eigenvalue weighted by Crippen LogP contribution is 2.64. The van der Waals surface area contributed by atoms with Gasteiger partial charge in [0.2, 0.25) is 0 Å². The number of hydrogen-bond donors (Lipinski definition) is 1. The summed E-state index contributed by atoms with van der Waals surface area (Å²) in [4.78, 5) is 0. The fourth-order valence-electron chi connectivity index (χ4n) is 6.08. The minimum absolute atomic E-state index is 0.0992. The summed E-state index contributed by atoms with van der Waals surface area (Å²) in [5.74, 6) is 1.98. The van der Waals surface area contributed by atoms with Crippen molar-refractivity contribution < 1.29 is 5.11 Å². The topological polar surface area (TPSA) is 20.2 Å². The molecule has 22 heavy (non-hydrogen) atoms. The maximum absolute atomic E-state index is 10.9. The van der Waals surface area contributed by atoms with Gasteiger partial charge in [-0.15, -0.1) is 0 Å². The van der Waals surface area contributed by atoms with Crippen molar-refractivity contribution in [2.75, 3.05) is 0 Å². The number of fused-ring (bicyclic) bond motifs is 5. The van der Waals surface area contributed by atoms with Crippen molar-refractivity contribution in [3.05, 3.63) is 33.8 Å². The fourth-order valence-corrected chi connectivity index (χ4v) is 6.40. The Labute approximate surface area is 139 Å². The molecular formula is C20H27ClO. The Balaban J connectivity index is 1.77. The largest absolute Gasteiger partial charge is 0.390 e. The van der Waals surface area contributed by atoms with Crippen molar-refractivity contribution in [1.29, 1.82) is 0 Å². The van der Waals surface area contributed by atoms with Gasteiger partial charge in [-0.2, -0.15) is 0 Å². The molecule has 0 unspecified atom stereocenters. The summed E-state index contributed by atoms with van der Waals surface area (Å²) < 4.78 is 0. The Hall–Kier alpha value is -0.530. The Morgan fingerprint density at radius 2 is 1.91 bits per heavy atom. The van der Waals surface area contributed by atoms with Gasteiger partial charge in [0.25, 0.3) is 0 Å². The zero-order valence-electron chi connectivity index (χ0n) is 14.0. The van der Waals surface area contributed by atoms with Gasteiger partial charge in [0.05, 0.1) is 5.60 Å². The van der Waals surface area contributed by atoms with Crippen LogP contribution in [0.4, 0.5) is 0 Å². The number of halogens is 1. The Morgan fingerprint density at radius 3 is 2.68 bits per heavy atom. The summed E-state index contributed by atoms with van der Waals surface area (Å²) in [7, 11) is 0. The van der Waals surface area contributed by atoms with Crippen molar-refractivity contribution in [2.24, 2.45) is 17.3 Å². The maximum Gasteiger partial charge on any atom is 0.0675 e. The van der Waals surface area contributed by atoms with Gasteiger partial charge in [0.1, 0.15) is 0 Å². The molecule has 0 aromatic heterocycles. The Kier molecular flexibility index (Phi) is 3.24. The second-order valence-corrected chi connectivity index (χ2v) is 8.85. The van der Waals surface area contributed by atoms with Crippen molar-refractivity contribution in [1.82, 2.24) is 0 Å². The molecule has 1 N–H and O–H groups in total. The second-order valence-electron chi connectivity index (χ2n) is 8.44. The molecule has 2 heteroatoms. The van der Waals surface area contributed by atoms with Crippen LogP contribution in [0.3, 0.4) is 0 Å². The van der Waals surface area contributed by atoms with Crippen LogP contribution in [-0.2, 0) is 6.42 Å². The quantitative estimate of drug-likeness (QED) is 0.692. The minimum atomic E-state index is -0.487. The first-order valence-corrected chi connectivity index (χ1v) is 9.23. The molecule has 0 bridgehead atoms. The van der Waals surface area contributed by atoms with E-state index in [1.807, 2.05) is 0 Å². The zero-order chi connectivity index (χ0) is 15.7. The van der Waals surface area contributed by atoms with Crippen LogP contribution in [0.2, 0.25) is 5.02 Å². The molecule has 3 aliphatic rings. The fraction of sp³-hybridized carbons (Fsp3) is 0.700. The van der Waals surface area contributed by atoms with Gasteiger partial charge in [-0.1, -0.05) is 24.6 Å². The van der Waals surface area contributed by atoms with Gasteiger partial charge in [0.15, 0.2) is 0 Å². The van der Waals surface area contributed by atoms with Crippen LogP contribution in [0, 0.1) is 24.2 Å². The number of hydrogen-bond acceptors (Lipinski definition) is 1. The molecule has 0 saturated heterocycles. The molecule has 4 rings (SSSR count). The molecule has 1 nitrogen and oxygen atoms in total. The third-order valence-corrected chi connectivity index (χ3v) is 7.97. The molecule has 0 amide bonds. The van der Waals surface area contributed by atoms with Gasteiger partial charge in [-0.3, -0.25) is 0 Å². The highest BCUT2D eigenvalue weighted by Gasteiger charge is 2.59. The Bertz CT molecular complexity index is 620. The molecular weight excluding hydrogens is 292 g/mol. The first-order chi connectivity index (χ1) is 10.3. The lowest BCUT2D eigenvalue weighted by atomic mass is 9.53. The molecule has 3 aliphatic carbocycles. The van der Waals surface area contributed by atoms with E-state index in [1.165, 1.54) is 36.0 Å². The number of aryl methyl sites for hydroxylation is 1. The SMILES string of the molecule is Cc1ccc(Cl)c2c1CC[C@@H]1[C@@H]2CC[C@@]2(C)[C@H]1CC[C@]2(C)O. The predicted molar refractivity (Wildman–Crippen MR) is 91.4 cm³/mol. The highest BCUT2D eigenvalue weighted by atomic mass is 35.5. The molecule has 5 atom stereocenters. The van der Waals surface area contributed by atoms with Gasteiger partial charge >= 0.3 is 0 Å². The monoisotopic (exact) mass is 318 g/mol. The van der Waals surface area contributed by atoms with Gasteiger partial charge < -0.3 is 5.11 Å². The standard InChI is InChI=1S/C20H27ClO/c1-12-4-7-17(21)18-13(12)5-6-14-15(18)8-10-19(2)16(14)9-11-20(19,3)22/h4,7,14-16,22H,5-6,8-11H2,1-3H3/t14-,15+,16+,19+,20+/m1/s1. The molecule has 0 spiro atoms. The van der Waals surface area contributed by atoms with Crippen LogP contribution in [0.1, 0.15) is 68.6 Å². The normalized spacial score (nSPS) is 43.4. The number of rotatable bonds is 0. The van der Waals surface area contributed by atoms with Crippen molar-refractivity contribution in [3.8, 4) is 0 Å². The van der Waals surface area contributed by atoms with Crippen molar-refractivity contribution in [3.63, 3.8) is 0 Å². The lowest BCUT2D eigenvalue weighted by Crippen LogP contribution is -2.49. The number of benzene rings is 1. The first kappa shape index (κ1) is 15.0. The van der Waals surface area contributed by atoms with E-state index in [9.17, 15) is 5.11 Å². The summed E-state index contributed by atoms with van der Waals surface area (Å²) in [6.45, 7) is 6.64. The first-order valence-electron chi connectivity index (χ1n) is 8.85. The van der Waals surface area contributed by atoms with E-state index in [-0.39, 0.29) is 5.41 Å². The second kappa shape index (κ2) is 4.74. The van der Waals surface area contributed by atoms with Crippen molar-refractivity contribution in [2.45, 2.75) is 70.8 Å².